The molecule has 2 saturated carbocycles. The first-order chi connectivity index (χ1) is 21.1. The van der Waals surface area contributed by atoms with Crippen LogP contribution in [-0.2, 0) is 14.4 Å². The van der Waals surface area contributed by atoms with Crippen molar-refractivity contribution >= 4 is 34.9 Å². The van der Waals surface area contributed by atoms with Crippen LogP contribution in [0.3, 0.4) is 0 Å². The van der Waals surface area contributed by atoms with E-state index in [1.54, 1.807) is 0 Å². The van der Waals surface area contributed by atoms with Gasteiger partial charge < -0.3 is 32.1 Å². The van der Waals surface area contributed by atoms with Gasteiger partial charge in [0.2, 0.25) is 18.2 Å². The third-order valence-corrected chi connectivity index (χ3v) is 8.96. The van der Waals surface area contributed by atoms with E-state index in [4.69, 9.17) is 11.5 Å². The van der Waals surface area contributed by atoms with Crippen molar-refractivity contribution in [3.63, 3.8) is 0 Å². The van der Waals surface area contributed by atoms with Gasteiger partial charge in [-0.15, -0.1) is 0 Å². The molecule has 1 saturated heterocycles. The molecule has 3 fully saturated rings. The molecule has 2 aliphatic carbocycles. The highest BCUT2D eigenvalue weighted by molar-refractivity contribution is 5.98. The second-order valence-corrected chi connectivity index (χ2v) is 12.5. The van der Waals surface area contributed by atoms with Crippen LogP contribution in [0.2, 0.25) is 0 Å². The molecule has 0 bridgehead atoms. The summed E-state index contributed by atoms with van der Waals surface area (Å²) in [5.74, 6) is -0.211. The third kappa shape index (κ3) is 9.75. The summed E-state index contributed by atoms with van der Waals surface area (Å²) in [4.78, 5) is 47.9. The number of nitrogens with zero attached hydrogens (tertiary/aromatic N) is 1. The number of carbonyl (C=O) groups excluding carboxylic acids is 4. The summed E-state index contributed by atoms with van der Waals surface area (Å²) >= 11 is 0. The van der Waals surface area contributed by atoms with Crippen molar-refractivity contribution in [2.24, 2.45) is 17.4 Å². The van der Waals surface area contributed by atoms with Crippen molar-refractivity contribution < 1.29 is 24.3 Å². The van der Waals surface area contributed by atoms with Gasteiger partial charge in [0.25, 0.3) is 5.91 Å². The van der Waals surface area contributed by atoms with E-state index in [1.165, 1.54) is 37.0 Å². The van der Waals surface area contributed by atoms with Crippen molar-refractivity contribution in [2.45, 2.75) is 108 Å². The number of aliphatic hydroxyl groups excluding tert-OH is 1. The Kier molecular flexibility index (Phi) is 13.6. The van der Waals surface area contributed by atoms with Gasteiger partial charge in [0.1, 0.15) is 6.04 Å². The van der Waals surface area contributed by atoms with E-state index in [0.717, 1.165) is 41.5 Å². The third-order valence-electron chi connectivity index (χ3n) is 8.96. The van der Waals surface area contributed by atoms with Gasteiger partial charge in [0.15, 0.2) is 6.10 Å². The van der Waals surface area contributed by atoms with Crippen LogP contribution in [0, 0.1) is 5.92 Å². The van der Waals surface area contributed by atoms with Crippen LogP contribution in [0.15, 0.2) is 42.5 Å². The van der Waals surface area contributed by atoms with Gasteiger partial charge in [-0.3, -0.25) is 19.2 Å². The second kappa shape index (κ2) is 17.1. The molecule has 44 heavy (non-hydrogen) atoms. The lowest BCUT2D eigenvalue weighted by Gasteiger charge is -2.41. The van der Waals surface area contributed by atoms with E-state index in [1.807, 2.05) is 49.4 Å². The Bertz CT molecular complexity index is 1240. The number of nitrogens with one attached hydrogen (secondary N) is 2. The largest absolute Gasteiger partial charge is 0.381 e. The quantitative estimate of drug-likeness (QED) is 0.302. The van der Waals surface area contributed by atoms with Crippen LogP contribution in [-0.4, -0.2) is 71.0 Å². The van der Waals surface area contributed by atoms with Gasteiger partial charge in [0, 0.05) is 24.7 Å². The van der Waals surface area contributed by atoms with Gasteiger partial charge in [-0.2, -0.15) is 0 Å². The van der Waals surface area contributed by atoms with Crippen molar-refractivity contribution in [1.82, 2.24) is 15.5 Å². The maximum Gasteiger partial charge on any atom is 0.251 e. The minimum Gasteiger partial charge on any atom is -0.381 e. The van der Waals surface area contributed by atoms with Gasteiger partial charge in [0.05, 0.1) is 5.54 Å². The molecule has 4 amide bonds. The van der Waals surface area contributed by atoms with Crippen molar-refractivity contribution in [1.29, 1.82) is 0 Å². The molecule has 0 radical (unpaired) electrons. The highest BCUT2D eigenvalue weighted by atomic mass is 16.3. The fourth-order valence-corrected chi connectivity index (χ4v) is 6.42. The number of hydrogen-bond donors (Lipinski definition) is 5. The van der Waals surface area contributed by atoms with E-state index < -0.39 is 23.6 Å². The number of fused-ring (bicyclic) bond motifs is 1. The Morgan fingerprint density at radius 2 is 1.66 bits per heavy atom. The zero-order valence-corrected chi connectivity index (χ0v) is 26.3. The molecule has 10 heteroatoms. The molecule has 242 valence electrons. The first kappa shape index (κ1) is 35.0. The normalized spacial score (nSPS) is 22.0. The molecular weight excluding hydrogens is 558 g/mol. The summed E-state index contributed by atoms with van der Waals surface area (Å²) in [5.41, 5.74) is 10.7. The highest BCUT2D eigenvalue weighted by Crippen LogP contribution is 2.32. The molecule has 1 aliphatic heterocycles. The van der Waals surface area contributed by atoms with Crippen LogP contribution in [0.25, 0.3) is 10.8 Å². The number of likely N-dealkylation sites (tertiary alicyclic amines) is 1. The van der Waals surface area contributed by atoms with Crippen molar-refractivity contribution in [3.05, 3.63) is 48.0 Å². The fourth-order valence-electron chi connectivity index (χ4n) is 6.42. The number of nitrogens with two attached hydrogens (primary N) is 2. The minimum atomic E-state index is -1.43. The van der Waals surface area contributed by atoms with Crippen LogP contribution in [0.1, 0.15) is 94.8 Å². The molecule has 0 aromatic heterocycles. The molecule has 1 heterocycles. The van der Waals surface area contributed by atoms with E-state index in [2.05, 4.69) is 17.6 Å². The lowest BCUT2D eigenvalue weighted by atomic mass is 9.77. The number of amides is 4. The molecule has 3 aliphatic rings. The number of aliphatic hydroxyl groups is 1. The Morgan fingerprint density at radius 3 is 2.23 bits per heavy atom. The predicted octanol–water partition coefficient (Wildman–Crippen LogP) is 3.39. The zero-order chi connectivity index (χ0) is 32.1. The Hall–Kier alpha value is -3.50. The van der Waals surface area contributed by atoms with Crippen molar-refractivity contribution in [2.75, 3.05) is 13.1 Å². The summed E-state index contributed by atoms with van der Waals surface area (Å²) in [7, 11) is 0. The molecule has 3 unspecified atom stereocenters. The van der Waals surface area contributed by atoms with Crippen LogP contribution >= 0.6 is 0 Å². The fraction of sp³-hybridized carbons (Fsp3) is 0.588. The standard InChI is InChI=1S/C14H24N4O4.C13H13NO.C7H14/c15-9-6-10(18(7-9)8-19)13(22)17-14(11(20)12(16)21)4-2-1-3-5-14;1-2-14-13(15)12-8-7-10-5-3-4-6-11(10)9-12;1-7-5-3-2-4-6-7/h8-11,20H,1-7,15H2,(H2,16,21)(H,17,22);3-9H,2H2,1H3,(H,14,15);7H,2-6H2,1H3. The smallest absolute Gasteiger partial charge is 0.251 e. The van der Waals surface area contributed by atoms with E-state index in [9.17, 15) is 24.3 Å². The lowest BCUT2D eigenvalue weighted by Crippen LogP contribution is -2.63. The topological polar surface area (TPSA) is 168 Å². The zero-order valence-electron chi connectivity index (χ0n) is 26.3. The van der Waals surface area contributed by atoms with E-state index >= 15 is 0 Å². The summed E-state index contributed by atoms with van der Waals surface area (Å²) in [6.07, 6.45) is 10.5. The Morgan fingerprint density at radius 1 is 1.02 bits per heavy atom. The number of carbonyl (C=O) groups is 4. The SMILES string of the molecule is CC1CCCCC1.CCNC(=O)c1ccc2ccccc2c1.NC(=O)C(O)C1(NC(=O)C2CC(N)CN2C=O)CCCCC1. The molecule has 2 aromatic carbocycles. The van der Waals surface area contributed by atoms with Gasteiger partial charge in [-0.05, 0) is 55.0 Å². The molecule has 10 nitrogen and oxygen atoms in total. The summed E-state index contributed by atoms with van der Waals surface area (Å²) in [5, 5.41) is 18.0. The monoisotopic (exact) mass is 609 g/mol. The minimum absolute atomic E-state index is 0.0109. The first-order valence-corrected chi connectivity index (χ1v) is 16.1. The first-order valence-electron chi connectivity index (χ1n) is 16.1. The van der Waals surface area contributed by atoms with Crippen LogP contribution in [0.5, 0.6) is 0 Å². The van der Waals surface area contributed by atoms with Gasteiger partial charge in [-0.25, -0.2) is 0 Å². The molecule has 3 atom stereocenters. The van der Waals surface area contributed by atoms with Crippen LogP contribution in [0.4, 0.5) is 0 Å². The molecule has 7 N–H and O–H groups in total. The average Bonchev–Trinajstić information content (AvgIpc) is 3.43. The van der Waals surface area contributed by atoms with Crippen molar-refractivity contribution in [3.8, 4) is 0 Å². The van der Waals surface area contributed by atoms with Gasteiger partial charge in [-0.1, -0.05) is 88.6 Å². The molecule has 0 spiro atoms. The summed E-state index contributed by atoms with van der Waals surface area (Å²) in [6, 6.07) is 12.9. The molecule has 5 rings (SSSR count). The number of benzene rings is 2. The summed E-state index contributed by atoms with van der Waals surface area (Å²) in [6.45, 7) is 5.26. The van der Waals surface area contributed by atoms with Gasteiger partial charge >= 0.3 is 0 Å². The average molecular weight is 610 g/mol. The second-order valence-electron chi connectivity index (χ2n) is 12.5. The Labute approximate surface area is 261 Å². The lowest BCUT2D eigenvalue weighted by molar-refractivity contribution is -0.139. The Balaban J connectivity index is 0.000000205. The number of hydrogen-bond acceptors (Lipinski definition) is 6. The maximum atomic E-state index is 12.5. The molecule has 2 aromatic rings. The molecular formula is C34H51N5O5. The van der Waals surface area contributed by atoms with E-state index in [-0.39, 0.29) is 17.9 Å². The number of rotatable bonds is 7. The maximum absolute atomic E-state index is 12.5. The number of primary amides is 1. The highest BCUT2D eigenvalue weighted by Gasteiger charge is 2.45. The predicted molar refractivity (Wildman–Crippen MR) is 173 cm³/mol. The summed E-state index contributed by atoms with van der Waals surface area (Å²) < 4.78 is 0. The van der Waals surface area contributed by atoms with E-state index in [0.29, 0.717) is 38.8 Å². The van der Waals surface area contributed by atoms with Crippen LogP contribution < -0.4 is 22.1 Å².